The van der Waals surface area contributed by atoms with Gasteiger partial charge in [0, 0.05) is 32.4 Å². The zero-order chi connectivity index (χ0) is 21.9. The normalized spacial score (nSPS) is 16.0. The van der Waals surface area contributed by atoms with Gasteiger partial charge in [0.05, 0.1) is 5.02 Å². The third-order valence-corrected chi connectivity index (χ3v) is 6.67. The highest BCUT2D eigenvalue weighted by Gasteiger charge is 2.34. The zero-order valence-electron chi connectivity index (χ0n) is 16.8. The van der Waals surface area contributed by atoms with Gasteiger partial charge in [-0.25, -0.2) is 17.8 Å². The molecule has 10 heteroatoms. The van der Waals surface area contributed by atoms with Crippen LogP contribution in [0.2, 0.25) is 5.02 Å². The molecule has 1 aliphatic rings. The summed E-state index contributed by atoms with van der Waals surface area (Å²) >= 11 is 5.87. The lowest BCUT2D eigenvalue weighted by molar-refractivity contribution is -0.134. The minimum atomic E-state index is -4.18. The third-order valence-electron chi connectivity index (χ3n) is 4.97. The molecule has 1 aromatic heterocycles. The van der Waals surface area contributed by atoms with Gasteiger partial charge in [0.2, 0.25) is 15.9 Å². The van der Waals surface area contributed by atoms with Crippen LogP contribution in [0.4, 0.5) is 10.2 Å². The van der Waals surface area contributed by atoms with Crippen LogP contribution in [-0.4, -0.2) is 56.4 Å². The first kappa shape index (κ1) is 22.5. The molecule has 0 bridgehead atoms. The summed E-state index contributed by atoms with van der Waals surface area (Å²) in [7, 11) is -4.18. The van der Waals surface area contributed by atoms with Crippen molar-refractivity contribution in [1.82, 2.24) is 14.6 Å². The molecular weight excluding hydrogens is 431 g/mol. The van der Waals surface area contributed by atoms with Gasteiger partial charge in [-0.1, -0.05) is 37.6 Å². The van der Waals surface area contributed by atoms with E-state index in [0.29, 0.717) is 31.2 Å². The Bertz CT molecular complexity index is 993. The van der Waals surface area contributed by atoms with Gasteiger partial charge >= 0.3 is 0 Å². The summed E-state index contributed by atoms with van der Waals surface area (Å²) in [5.41, 5.74) is 0. The van der Waals surface area contributed by atoms with Crippen LogP contribution in [0.25, 0.3) is 0 Å². The maximum atomic E-state index is 14.0. The standard InChI is InChI=1S/C20H24ClFN4O3S/c1-14(2)19(24-30(28,29)17-6-4-3-5-16(17)22)20(27)26-11-9-25(10-12-26)18-8-7-15(21)13-23-18/h3-8,13-14,19,24H,9-12H2,1-2H3/t19-/m0/s1. The van der Waals surface area contributed by atoms with Crippen LogP contribution < -0.4 is 9.62 Å². The van der Waals surface area contributed by atoms with Crippen molar-refractivity contribution in [2.75, 3.05) is 31.1 Å². The van der Waals surface area contributed by atoms with E-state index in [1.54, 1.807) is 31.0 Å². The molecule has 1 N–H and O–H groups in total. The summed E-state index contributed by atoms with van der Waals surface area (Å²) < 4.78 is 41.7. The highest BCUT2D eigenvalue weighted by Crippen LogP contribution is 2.19. The molecule has 1 aromatic carbocycles. The fraction of sp³-hybridized carbons (Fsp3) is 0.400. The molecule has 0 unspecified atom stereocenters. The number of nitrogens with one attached hydrogen (secondary N) is 1. The SMILES string of the molecule is CC(C)[C@H](NS(=O)(=O)c1ccccc1F)C(=O)N1CCN(c2ccc(Cl)cn2)CC1. The predicted octanol–water partition coefficient (Wildman–Crippen LogP) is 2.53. The van der Waals surface area contributed by atoms with Crippen LogP contribution in [0, 0.1) is 11.7 Å². The smallest absolute Gasteiger partial charge is 0.244 e. The number of rotatable bonds is 6. The number of nitrogens with zero attached hydrogens (tertiary/aromatic N) is 3. The van der Waals surface area contributed by atoms with Crippen molar-refractivity contribution in [2.24, 2.45) is 5.92 Å². The minimum absolute atomic E-state index is 0.310. The molecule has 7 nitrogen and oxygen atoms in total. The molecule has 30 heavy (non-hydrogen) atoms. The Hall–Kier alpha value is -2.23. The van der Waals surface area contributed by atoms with E-state index in [4.69, 9.17) is 11.6 Å². The topological polar surface area (TPSA) is 82.6 Å². The van der Waals surface area contributed by atoms with Crippen LogP contribution in [0.3, 0.4) is 0 Å². The molecule has 1 fully saturated rings. The van der Waals surface area contributed by atoms with E-state index in [0.717, 1.165) is 11.9 Å². The molecular formula is C20H24ClFN4O3S. The summed E-state index contributed by atoms with van der Waals surface area (Å²) in [5, 5.41) is 0.550. The lowest BCUT2D eigenvalue weighted by Crippen LogP contribution is -2.56. The first-order valence-corrected chi connectivity index (χ1v) is 11.5. The number of hydrogen-bond donors (Lipinski definition) is 1. The van der Waals surface area contributed by atoms with Crippen LogP contribution in [0.15, 0.2) is 47.5 Å². The number of amides is 1. The molecule has 0 aliphatic carbocycles. The number of benzene rings is 1. The van der Waals surface area contributed by atoms with Crippen LogP contribution in [-0.2, 0) is 14.8 Å². The number of pyridine rings is 1. The van der Waals surface area contributed by atoms with Gasteiger partial charge in [-0.15, -0.1) is 0 Å². The number of carbonyl (C=O) groups excluding carboxylic acids is 1. The van der Waals surface area contributed by atoms with Crippen molar-refractivity contribution >= 4 is 33.3 Å². The van der Waals surface area contributed by atoms with Crippen molar-refractivity contribution in [3.63, 3.8) is 0 Å². The van der Waals surface area contributed by atoms with Crippen molar-refractivity contribution in [3.8, 4) is 0 Å². The van der Waals surface area contributed by atoms with Gasteiger partial charge in [0.15, 0.2) is 0 Å². The second-order valence-corrected chi connectivity index (χ2v) is 9.54. The maximum Gasteiger partial charge on any atom is 0.244 e. The van der Waals surface area contributed by atoms with Gasteiger partial charge in [-0.3, -0.25) is 4.79 Å². The van der Waals surface area contributed by atoms with E-state index in [9.17, 15) is 17.6 Å². The lowest BCUT2D eigenvalue weighted by atomic mass is 10.0. The Kier molecular flexibility index (Phi) is 6.95. The van der Waals surface area contributed by atoms with Gasteiger partial charge < -0.3 is 9.80 Å². The van der Waals surface area contributed by atoms with Crippen molar-refractivity contribution in [1.29, 1.82) is 0 Å². The average Bonchev–Trinajstić information content (AvgIpc) is 2.72. The summed E-state index contributed by atoms with van der Waals surface area (Å²) in [6.07, 6.45) is 1.57. The molecule has 0 radical (unpaired) electrons. The summed E-state index contributed by atoms with van der Waals surface area (Å²) in [5.74, 6) is -0.722. The fourth-order valence-electron chi connectivity index (χ4n) is 3.27. The second kappa shape index (κ2) is 9.28. The van der Waals surface area contributed by atoms with Crippen molar-refractivity contribution in [3.05, 3.63) is 53.4 Å². The number of sulfonamides is 1. The molecule has 0 saturated carbocycles. The minimum Gasteiger partial charge on any atom is -0.353 e. The molecule has 0 spiro atoms. The maximum absolute atomic E-state index is 14.0. The Morgan fingerprint density at radius 1 is 1.13 bits per heavy atom. The number of carbonyl (C=O) groups is 1. The predicted molar refractivity (Wildman–Crippen MR) is 113 cm³/mol. The molecule has 2 aromatic rings. The molecule has 1 saturated heterocycles. The number of piperazine rings is 1. The van der Waals surface area contributed by atoms with E-state index >= 15 is 0 Å². The van der Waals surface area contributed by atoms with E-state index in [2.05, 4.69) is 9.71 Å². The van der Waals surface area contributed by atoms with Crippen molar-refractivity contribution < 1.29 is 17.6 Å². The highest BCUT2D eigenvalue weighted by atomic mass is 35.5. The molecule has 162 valence electrons. The van der Waals surface area contributed by atoms with E-state index in [1.165, 1.54) is 18.2 Å². The number of aromatic nitrogens is 1. The summed E-state index contributed by atoms with van der Waals surface area (Å²) in [4.78, 5) is 20.6. The summed E-state index contributed by atoms with van der Waals surface area (Å²) in [6.45, 7) is 5.47. The average molecular weight is 455 g/mol. The number of hydrogen-bond acceptors (Lipinski definition) is 5. The van der Waals surface area contributed by atoms with Gasteiger partial charge in [-0.05, 0) is 30.2 Å². The number of halogens is 2. The molecule has 3 rings (SSSR count). The lowest BCUT2D eigenvalue weighted by Gasteiger charge is -2.37. The van der Waals surface area contributed by atoms with E-state index in [1.807, 2.05) is 11.0 Å². The van der Waals surface area contributed by atoms with Gasteiger partial charge in [0.1, 0.15) is 22.6 Å². The number of anilines is 1. The van der Waals surface area contributed by atoms with Crippen LogP contribution in [0.1, 0.15) is 13.8 Å². The van der Waals surface area contributed by atoms with E-state index in [-0.39, 0.29) is 11.8 Å². The van der Waals surface area contributed by atoms with Crippen molar-refractivity contribution in [2.45, 2.75) is 24.8 Å². The molecule has 1 amide bonds. The third kappa shape index (κ3) is 5.08. The highest BCUT2D eigenvalue weighted by molar-refractivity contribution is 7.89. The molecule has 2 heterocycles. The largest absolute Gasteiger partial charge is 0.353 e. The Labute approximate surface area is 180 Å². The monoisotopic (exact) mass is 454 g/mol. The quantitative estimate of drug-likeness (QED) is 0.725. The first-order valence-electron chi connectivity index (χ1n) is 9.61. The Morgan fingerprint density at radius 2 is 1.80 bits per heavy atom. The Balaban J connectivity index is 1.69. The molecule has 1 atom stereocenters. The zero-order valence-corrected chi connectivity index (χ0v) is 18.3. The second-order valence-electron chi connectivity index (χ2n) is 7.42. The first-order chi connectivity index (χ1) is 14.2. The molecule has 1 aliphatic heterocycles. The van der Waals surface area contributed by atoms with Gasteiger partial charge in [0.25, 0.3) is 0 Å². The summed E-state index contributed by atoms with van der Waals surface area (Å²) in [6, 6.07) is 7.69. The van der Waals surface area contributed by atoms with E-state index < -0.39 is 26.8 Å². The fourth-order valence-corrected chi connectivity index (χ4v) is 4.80. The van der Waals surface area contributed by atoms with Crippen LogP contribution >= 0.6 is 11.6 Å². The van der Waals surface area contributed by atoms with Gasteiger partial charge in [-0.2, -0.15) is 4.72 Å². The van der Waals surface area contributed by atoms with Crippen LogP contribution in [0.5, 0.6) is 0 Å². The Morgan fingerprint density at radius 3 is 2.37 bits per heavy atom.